The molecular weight excluding hydrogens is 226 g/mol. The van der Waals surface area contributed by atoms with Gasteiger partial charge in [-0.2, -0.15) is 0 Å². The monoisotopic (exact) mass is 251 g/mol. The number of unbranched alkanes of at least 4 members (excludes halogenated alkanes) is 3. The Morgan fingerprint density at radius 1 is 1.17 bits per heavy atom. The highest BCUT2D eigenvalue weighted by Crippen LogP contribution is 2.34. The molecule has 102 valence electrons. The van der Waals surface area contributed by atoms with E-state index in [1.165, 1.54) is 12.8 Å². The summed E-state index contributed by atoms with van der Waals surface area (Å²) >= 11 is 0. The number of phenolic OH excluding ortho intramolecular Hbond substituents is 1. The lowest BCUT2D eigenvalue weighted by atomic mass is 9.98. The second kappa shape index (κ2) is 7.27. The molecule has 0 heterocycles. The maximum atomic E-state index is 10.1. The molecule has 1 aromatic rings. The van der Waals surface area contributed by atoms with Gasteiger partial charge in [0.2, 0.25) is 0 Å². The number of phenols is 1. The molecule has 0 saturated heterocycles. The molecule has 0 spiro atoms. The molecule has 0 aliphatic heterocycles. The molecule has 3 heteroatoms. The number of anilines is 1. The normalized spacial score (nSPS) is 12.6. The van der Waals surface area contributed by atoms with Crippen molar-refractivity contribution < 1.29 is 10.2 Å². The van der Waals surface area contributed by atoms with Crippen molar-refractivity contribution in [1.82, 2.24) is 0 Å². The van der Waals surface area contributed by atoms with Gasteiger partial charge in [0, 0.05) is 5.56 Å². The molecule has 0 aliphatic carbocycles. The fraction of sp³-hybridized carbons (Fsp3) is 0.600. The number of benzene rings is 1. The molecule has 1 atom stereocenters. The zero-order chi connectivity index (χ0) is 13.5. The second-order valence-electron chi connectivity index (χ2n) is 4.84. The van der Waals surface area contributed by atoms with E-state index in [0.717, 1.165) is 24.8 Å². The standard InChI is InChI=1S/C15H25NO2/c1-3-5-6-7-8-14(17)12-9-11(4-2)10-13(16)15(12)18/h9-10,14,17-18H,3-8,16H2,1-2H3. The number of nitrogen functional groups attached to an aromatic ring is 1. The zero-order valence-electron chi connectivity index (χ0n) is 11.4. The number of aromatic hydroxyl groups is 1. The first-order chi connectivity index (χ1) is 8.60. The van der Waals surface area contributed by atoms with Crippen LogP contribution in [0, 0.1) is 0 Å². The van der Waals surface area contributed by atoms with Crippen molar-refractivity contribution in [2.75, 3.05) is 5.73 Å². The molecular formula is C15H25NO2. The van der Waals surface area contributed by atoms with Crippen LogP contribution in [0.1, 0.15) is 63.2 Å². The lowest BCUT2D eigenvalue weighted by Crippen LogP contribution is -2.02. The molecule has 4 N–H and O–H groups in total. The fourth-order valence-electron chi connectivity index (χ4n) is 2.12. The van der Waals surface area contributed by atoms with Crippen LogP contribution in [0.25, 0.3) is 0 Å². The van der Waals surface area contributed by atoms with Crippen LogP contribution in [0.5, 0.6) is 5.75 Å². The highest BCUT2D eigenvalue weighted by molar-refractivity contribution is 5.58. The smallest absolute Gasteiger partial charge is 0.144 e. The van der Waals surface area contributed by atoms with Gasteiger partial charge >= 0.3 is 0 Å². The Labute approximate surface area is 110 Å². The third kappa shape index (κ3) is 3.91. The van der Waals surface area contributed by atoms with E-state index in [9.17, 15) is 10.2 Å². The van der Waals surface area contributed by atoms with E-state index in [-0.39, 0.29) is 5.75 Å². The maximum Gasteiger partial charge on any atom is 0.144 e. The van der Waals surface area contributed by atoms with Crippen LogP contribution < -0.4 is 5.73 Å². The van der Waals surface area contributed by atoms with E-state index in [0.29, 0.717) is 17.7 Å². The van der Waals surface area contributed by atoms with Crippen LogP contribution in [-0.4, -0.2) is 10.2 Å². The molecule has 18 heavy (non-hydrogen) atoms. The molecule has 0 amide bonds. The van der Waals surface area contributed by atoms with Crippen molar-refractivity contribution in [3.05, 3.63) is 23.3 Å². The van der Waals surface area contributed by atoms with Gasteiger partial charge in [-0.25, -0.2) is 0 Å². The Kier molecular flexibility index (Phi) is 5.99. The molecule has 0 aliphatic rings. The third-order valence-electron chi connectivity index (χ3n) is 3.33. The lowest BCUT2D eigenvalue weighted by molar-refractivity contribution is 0.160. The van der Waals surface area contributed by atoms with E-state index >= 15 is 0 Å². The summed E-state index contributed by atoms with van der Waals surface area (Å²) in [5, 5.41) is 20.0. The summed E-state index contributed by atoms with van der Waals surface area (Å²) < 4.78 is 0. The summed E-state index contributed by atoms with van der Waals surface area (Å²) in [5.74, 6) is 0.0372. The number of hydrogen-bond acceptors (Lipinski definition) is 3. The van der Waals surface area contributed by atoms with Crippen LogP contribution in [-0.2, 0) is 6.42 Å². The minimum absolute atomic E-state index is 0.0372. The molecule has 0 radical (unpaired) electrons. The number of aliphatic hydroxyl groups excluding tert-OH is 1. The summed E-state index contributed by atoms with van der Waals surface area (Å²) in [5.41, 5.74) is 7.73. The second-order valence-corrected chi connectivity index (χ2v) is 4.84. The molecule has 0 bridgehead atoms. The minimum Gasteiger partial charge on any atom is -0.505 e. The Hall–Kier alpha value is -1.22. The van der Waals surface area contributed by atoms with Crippen molar-refractivity contribution in [3.63, 3.8) is 0 Å². The Morgan fingerprint density at radius 3 is 2.50 bits per heavy atom. The van der Waals surface area contributed by atoms with Gasteiger partial charge in [-0.3, -0.25) is 0 Å². The Morgan fingerprint density at radius 2 is 1.89 bits per heavy atom. The van der Waals surface area contributed by atoms with Gasteiger partial charge in [0.1, 0.15) is 5.75 Å². The molecule has 1 aromatic carbocycles. The predicted molar refractivity (Wildman–Crippen MR) is 75.6 cm³/mol. The van der Waals surface area contributed by atoms with Crippen molar-refractivity contribution in [3.8, 4) is 5.75 Å². The third-order valence-corrected chi connectivity index (χ3v) is 3.33. The van der Waals surface area contributed by atoms with Gasteiger partial charge in [-0.05, 0) is 30.5 Å². The number of rotatable bonds is 7. The molecule has 0 fully saturated rings. The topological polar surface area (TPSA) is 66.5 Å². The summed E-state index contributed by atoms with van der Waals surface area (Å²) in [4.78, 5) is 0. The first-order valence-corrected chi connectivity index (χ1v) is 6.89. The number of nitrogens with two attached hydrogens (primary N) is 1. The minimum atomic E-state index is -0.615. The van der Waals surface area contributed by atoms with E-state index < -0.39 is 6.10 Å². The molecule has 1 unspecified atom stereocenters. The van der Waals surface area contributed by atoms with Crippen molar-refractivity contribution >= 4 is 5.69 Å². The highest BCUT2D eigenvalue weighted by Gasteiger charge is 2.15. The van der Waals surface area contributed by atoms with Crippen LogP contribution in [0.15, 0.2) is 12.1 Å². The molecule has 0 aromatic heterocycles. The van der Waals surface area contributed by atoms with Crippen LogP contribution in [0.4, 0.5) is 5.69 Å². The van der Waals surface area contributed by atoms with Crippen LogP contribution >= 0.6 is 0 Å². The van der Waals surface area contributed by atoms with Gasteiger partial charge in [-0.15, -0.1) is 0 Å². The van der Waals surface area contributed by atoms with E-state index in [1.807, 2.05) is 13.0 Å². The highest BCUT2D eigenvalue weighted by atomic mass is 16.3. The predicted octanol–water partition coefficient (Wildman–Crippen LogP) is 3.54. The summed E-state index contributed by atoms with van der Waals surface area (Å²) in [6, 6.07) is 3.62. The average molecular weight is 251 g/mol. The average Bonchev–Trinajstić information content (AvgIpc) is 2.37. The van der Waals surface area contributed by atoms with Gasteiger partial charge in [-0.1, -0.05) is 39.5 Å². The van der Waals surface area contributed by atoms with Gasteiger partial charge in [0.15, 0.2) is 0 Å². The van der Waals surface area contributed by atoms with Crippen molar-refractivity contribution in [1.29, 1.82) is 0 Å². The molecule has 3 nitrogen and oxygen atoms in total. The van der Waals surface area contributed by atoms with E-state index in [2.05, 4.69) is 6.92 Å². The van der Waals surface area contributed by atoms with Gasteiger partial charge in [0.05, 0.1) is 11.8 Å². The van der Waals surface area contributed by atoms with Crippen LogP contribution in [0.3, 0.4) is 0 Å². The Bertz CT molecular complexity index is 377. The summed E-state index contributed by atoms with van der Waals surface area (Å²) in [6.45, 7) is 4.19. The van der Waals surface area contributed by atoms with Crippen LogP contribution in [0.2, 0.25) is 0 Å². The van der Waals surface area contributed by atoms with Gasteiger partial charge in [0.25, 0.3) is 0 Å². The SMILES string of the molecule is CCCCCCC(O)c1cc(CC)cc(N)c1O. The first-order valence-electron chi connectivity index (χ1n) is 6.89. The zero-order valence-corrected chi connectivity index (χ0v) is 11.4. The summed E-state index contributed by atoms with van der Waals surface area (Å²) in [7, 11) is 0. The van der Waals surface area contributed by atoms with Gasteiger partial charge < -0.3 is 15.9 Å². The summed E-state index contributed by atoms with van der Waals surface area (Å²) in [6.07, 6.45) is 5.38. The van der Waals surface area contributed by atoms with Crippen molar-refractivity contribution in [2.24, 2.45) is 0 Å². The Balaban J connectivity index is 2.71. The molecule has 0 saturated carbocycles. The quantitative estimate of drug-likeness (QED) is 0.394. The number of aryl methyl sites for hydroxylation is 1. The number of aliphatic hydroxyl groups is 1. The lowest BCUT2D eigenvalue weighted by Gasteiger charge is -2.15. The maximum absolute atomic E-state index is 10.1. The first kappa shape index (κ1) is 14.8. The van der Waals surface area contributed by atoms with E-state index in [4.69, 9.17) is 5.73 Å². The van der Waals surface area contributed by atoms with E-state index in [1.54, 1.807) is 6.07 Å². The molecule has 1 rings (SSSR count). The van der Waals surface area contributed by atoms with Crippen molar-refractivity contribution in [2.45, 2.75) is 58.5 Å². The largest absolute Gasteiger partial charge is 0.505 e. The number of hydrogen-bond donors (Lipinski definition) is 3. The fourth-order valence-corrected chi connectivity index (χ4v) is 2.12.